The van der Waals surface area contributed by atoms with Crippen LogP contribution in [0.4, 0.5) is 10.1 Å². The molecule has 1 aliphatic heterocycles. The smallest absolute Gasteiger partial charge is 0.191 e. The Morgan fingerprint density at radius 1 is 1.14 bits per heavy atom. The van der Waals surface area contributed by atoms with Gasteiger partial charge in [0.2, 0.25) is 0 Å². The number of guanidine groups is 1. The molecule has 2 N–H and O–H groups in total. The Morgan fingerprint density at radius 3 is 2.71 bits per heavy atom. The summed E-state index contributed by atoms with van der Waals surface area (Å²) < 4.78 is 13.3. The molecule has 0 spiro atoms. The van der Waals surface area contributed by atoms with Crippen molar-refractivity contribution in [1.29, 1.82) is 0 Å². The van der Waals surface area contributed by atoms with Crippen LogP contribution in [0.3, 0.4) is 0 Å². The Hall–Kier alpha value is -1.83. The molecule has 0 saturated carbocycles. The van der Waals surface area contributed by atoms with Crippen molar-refractivity contribution in [2.24, 2.45) is 10.9 Å². The lowest BCUT2D eigenvalue weighted by Crippen LogP contribution is -2.38. The summed E-state index contributed by atoms with van der Waals surface area (Å²) in [5.74, 6) is 1.23. The summed E-state index contributed by atoms with van der Waals surface area (Å²) in [6, 6.07) is 17.3. The minimum Gasteiger partial charge on any atom is -0.371 e. The Bertz CT molecular complexity index is 738. The van der Waals surface area contributed by atoms with Crippen LogP contribution in [-0.4, -0.2) is 38.7 Å². The maximum Gasteiger partial charge on any atom is 0.191 e. The molecule has 1 saturated heterocycles. The van der Waals surface area contributed by atoms with E-state index in [1.54, 1.807) is 12.1 Å². The van der Waals surface area contributed by atoms with Crippen LogP contribution in [0.15, 0.2) is 59.6 Å². The SMILES string of the molecule is CCNC(=NCC1CCN(c2ccccc2)C1)NCCc1cccc(F)c1.I. The van der Waals surface area contributed by atoms with Crippen molar-refractivity contribution in [3.05, 3.63) is 66.0 Å². The molecule has 2 aromatic rings. The Labute approximate surface area is 184 Å². The normalized spacial score (nSPS) is 16.6. The molecule has 0 aromatic heterocycles. The molecule has 152 valence electrons. The van der Waals surface area contributed by atoms with Crippen LogP contribution in [0.1, 0.15) is 18.9 Å². The van der Waals surface area contributed by atoms with E-state index < -0.39 is 0 Å². The first-order chi connectivity index (χ1) is 13.2. The van der Waals surface area contributed by atoms with Gasteiger partial charge >= 0.3 is 0 Å². The van der Waals surface area contributed by atoms with E-state index >= 15 is 0 Å². The molecule has 1 heterocycles. The zero-order chi connectivity index (χ0) is 18.9. The minimum absolute atomic E-state index is 0. The molecule has 0 aliphatic carbocycles. The van der Waals surface area contributed by atoms with E-state index in [-0.39, 0.29) is 29.8 Å². The van der Waals surface area contributed by atoms with Crippen LogP contribution >= 0.6 is 24.0 Å². The van der Waals surface area contributed by atoms with Gasteiger partial charge in [0.1, 0.15) is 5.82 Å². The summed E-state index contributed by atoms with van der Waals surface area (Å²) in [4.78, 5) is 7.20. The van der Waals surface area contributed by atoms with Crippen LogP contribution in [0, 0.1) is 11.7 Å². The summed E-state index contributed by atoms with van der Waals surface area (Å²) >= 11 is 0. The lowest BCUT2D eigenvalue weighted by molar-refractivity contribution is 0.599. The van der Waals surface area contributed by atoms with Crippen molar-refractivity contribution in [1.82, 2.24) is 10.6 Å². The first-order valence-corrected chi connectivity index (χ1v) is 9.81. The van der Waals surface area contributed by atoms with Gasteiger partial charge in [-0.2, -0.15) is 0 Å². The molecular weight excluding hydrogens is 466 g/mol. The third-order valence-corrected chi connectivity index (χ3v) is 4.85. The lowest BCUT2D eigenvalue weighted by atomic mass is 10.1. The van der Waals surface area contributed by atoms with E-state index in [9.17, 15) is 4.39 Å². The van der Waals surface area contributed by atoms with Crippen molar-refractivity contribution in [3.8, 4) is 0 Å². The second-order valence-corrected chi connectivity index (χ2v) is 6.96. The number of para-hydroxylation sites is 1. The van der Waals surface area contributed by atoms with Gasteiger partial charge in [0.15, 0.2) is 5.96 Å². The lowest BCUT2D eigenvalue weighted by Gasteiger charge is -2.18. The minimum atomic E-state index is -0.183. The van der Waals surface area contributed by atoms with E-state index in [0.717, 1.165) is 50.7 Å². The number of hydrogen-bond acceptors (Lipinski definition) is 2. The molecule has 1 atom stereocenters. The fraction of sp³-hybridized carbons (Fsp3) is 0.409. The van der Waals surface area contributed by atoms with Crippen molar-refractivity contribution in [2.75, 3.05) is 37.6 Å². The van der Waals surface area contributed by atoms with Crippen molar-refractivity contribution < 1.29 is 4.39 Å². The standard InChI is InChI=1S/C22H29FN4.HI/c1-2-24-22(25-13-11-18-7-6-8-20(23)15-18)26-16-19-12-14-27(17-19)21-9-4-3-5-10-21;/h3-10,15,19H,2,11-14,16-17H2,1H3,(H2,24,25,26);1H. The molecule has 0 amide bonds. The summed E-state index contributed by atoms with van der Waals surface area (Å²) in [7, 11) is 0. The van der Waals surface area contributed by atoms with Gasteiger partial charge in [-0.15, -0.1) is 24.0 Å². The molecule has 1 unspecified atom stereocenters. The average Bonchev–Trinajstić information content (AvgIpc) is 3.16. The monoisotopic (exact) mass is 496 g/mol. The highest BCUT2D eigenvalue weighted by Gasteiger charge is 2.22. The number of rotatable bonds is 7. The van der Waals surface area contributed by atoms with Gasteiger partial charge in [0.25, 0.3) is 0 Å². The van der Waals surface area contributed by atoms with Gasteiger partial charge in [-0.25, -0.2) is 4.39 Å². The van der Waals surface area contributed by atoms with E-state index in [2.05, 4.69) is 52.8 Å². The third-order valence-electron chi connectivity index (χ3n) is 4.85. The highest BCUT2D eigenvalue weighted by Crippen LogP contribution is 2.23. The summed E-state index contributed by atoms with van der Waals surface area (Å²) in [5.41, 5.74) is 2.29. The number of halogens is 2. The molecule has 0 radical (unpaired) electrons. The van der Waals surface area contributed by atoms with Gasteiger partial charge in [-0.1, -0.05) is 30.3 Å². The summed E-state index contributed by atoms with van der Waals surface area (Å²) in [6.07, 6.45) is 1.94. The molecule has 1 fully saturated rings. The van der Waals surface area contributed by atoms with Crippen LogP contribution in [-0.2, 0) is 6.42 Å². The molecule has 2 aromatic carbocycles. The van der Waals surface area contributed by atoms with Gasteiger partial charge in [-0.05, 0) is 55.5 Å². The number of hydrogen-bond donors (Lipinski definition) is 2. The maximum atomic E-state index is 13.3. The largest absolute Gasteiger partial charge is 0.371 e. The van der Waals surface area contributed by atoms with E-state index in [0.29, 0.717) is 5.92 Å². The topological polar surface area (TPSA) is 39.7 Å². The number of nitrogens with one attached hydrogen (secondary N) is 2. The second kappa shape index (κ2) is 11.9. The van der Waals surface area contributed by atoms with Gasteiger partial charge < -0.3 is 15.5 Å². The summed E-state index contributed by atoms with van der Waals surface area (Å²) in [6.45, 7) is 6.59. The number of benzene rings is 2. The second-order valence-electron chi connectivity index (χ2n) is 6.96. The zero-order valence-electron chi connectivity index (χ0n) is 16.4. The predicted molar refractivity (Wildman–Crippen MR) is 126 cm³/mol. The van der Waals surface area contributed by atoms with E-state index in [1.807, 2.05) is 6.07 Å². The maximum absolute atomic E-state index is 13.3. The zero-order valence-corrected chi connectivity index (χ0v) is 18.7. The molecule has 0 bridgehead atoms. The number of nitrogens with zero attached hydrogens (tertiary/aromatic N) is 2. The Balaban J connectivity index is 0.00000280. The van der Waals surface area contributed by atoms with Gasteiger partial charge in [0.05, 0.1) is 0 Å². The molecule has 3 rings (SSSR count). The molecular formula is C22H30FIN4. The van der Waals surface area contributed by atoms with Crippen molar-refractivity contribution >= 4 is 35.6 Å². The molecule has 6 heteroatoms. The first-order valence-electron chi connectivity index (χ1n) is 9.81. The van der Waals surface area contributed by atoms with E-state index in [4.69, 9.17) is 4.99 Å². The van der Waals surface area contributed by atoms with Gasteiger partial charge in [0, 0.05) is 38.4 Å². The molecule has 4 nitrogen and oxygen atoms in total. The van der Waals surface area contributed by atoms with Gasteiger partial charge in [-0.3, -0.25) is 4.99 Å². The predicted octanol–water partition coefficient (Wildman–Crippen LogP) is 4.07. The van der Waals surface area contributed by atoms with Crippen molar-refractivity contribution in [2.45, 2.75) is 19.8 Å². The summed E-state index contributed by atoms with van der Waals surface area (Å²) in [5, 5.41) is 6.66. The Morgan fingerprint density at radius 2 is 1.96 bits per heavy atom. The Kier molecular flexibility index (Phi) is 9.54. The highest BCUT2D eigenvalue weighted by molar-refractivity contribution is 14.0. The van der Waals surface area contributed by atoms with Crippen LogP contribution in [0.2, 0.25) is 0 Å². The molecule has 1 aliphatic rings. The van der Waals surface area contributed by atoms with Crippen LogP contribution in [0.25, 0.3) is 0 Å². The quantitative estimate of drug-likeness (QED) is 0.345. The number of anilines is 1. The third kappa shape index (κ3) is 6.96. The average molecular weight is 496 g/mol. The fourth-order valence-corrected chi connectivity index (χ4v) is 3.43. The first kappa shape index (κ1) is 22.5. The van der Waals surface area contributed by atoms with Crippen LogP contribution < -0.4 is 15.5 Å². The van der Waals surface area contributed by atoms with Crippen molar-refractivity contribution in [3.63, 3.8) is 0 Å². The van der Waals surface area contributed by atoms with Crippen LogP contribution in [0.5, 0.6) is 0 Å². The highest BCUT2D eigenvalue weighted by atomic mass is 127. The van der Waals surface area contributed by atoms with E-state index in [1.165, 1.54) is 18.2 Å². The molecule has 28 heavy (non-hydrogen) atoms. The fourth-order valence-electron chi connectivity index (χ4n) is 3.43. The number of aliphatic imine (C=N–C) groups is 1.